The molecule has 6 heteroatoms. The van der Waals surface area contributed by atoms with Crippen LogP contribution in [0.4, 0.5) is 8.78 Å². The standard InChI is InChI=1S/C17H17F2NO2S/c1-20(16-8-4-6-12-5-2-3-7-14(12)16)23(21,22)17-10-9-13(18)11-15(17)19/h2-3,5,7,9-11,16H,4,6,8H2,1H3. The Morgan fingerprint density at radius 2 is 1.87 bits per heavy atom. The van der Waals surface area contributed by atoms with Gasteiger partial charge in [-0.05, 0) is 42.5 Å². The first-order chi connectivity index (χ1) is 10.9. The van der Waals surface area contributed by atoms with Crippen molar-refractivity contribution in [3.05, 3.63) is 65.2 Å². The third kappa shape index (κ3) is 2.88. The van der Waals surface area contributed by atoms with Gasteiger partial charge < -0.3 is 0 Å². The summed E-state index contributed by atoms with van der Waals surface area (Å²) in [5, 5.41) is 0. The van der Waals surface area contributed by atoms with Crippen LogP contribution in [-0.2, 0) is 16.4 Å². The summed E-state index contributed by atoms with van der Waals surface area (Å²) in [5.41, 5.74) is 2.07. The minimum absolute atomic E-state index is 0.339. The number of aryl methyl sites for hydroxylation is 1. The highest BCUT2D eigenvalue weighted by atomic mass is 32.2. The normalized spacial score (nSPS) is 18.0. The molecule has 0 saturated heterocycles. The van der Waals surface area contributed by atoms with Gasteiger partial charge in [-0.25, -0.2) is 17.2 Å². The van der Waals surface area contributed by atoms with Crippen molar-refractivity contribution in [2.45, 2.75) is 30.2 Å². The number of hydrogen-bond acceptors (Lipinski definition) is 2. The van der Waals surface area contributed by atoms with Crippen molar-refractivity contribution in [3.63, 3.8) is 0 Å². The molecule has 0 radical (unpaired) electrons. The minimum atomic E-state index is -4.04. The van der Waals surface area contributed by atoms with Crippen LogP contribution in [0.25, 0.3) is 0 Å². The lowest BCUT2D eigenvalue weighted by atomic mass is 9.88. The molecular formula is C17H17F2NO2S. The monoisotopic (exact) mass is 337 g/mol. The molecular weight excluding hydrogens is 320 g/mol. The lowest BCUT2D eigenvalue weighted by Crippen LogP contribution is -2.33. The molecule has 0 amide bonds. The van der Waals surface area contributed by atoms with Crippen molar-refractivity contribution < 1.29 is 17.2 Å². The van der Waals surface area contributed by atoms with Gasteiger partial charge in [0.05, 0.1) is 0 Å². The Hall–Kier alpha value is -1.79. The summed E-state index contributed by atoms with van der Waals surface area (Å²) < 4.78 is 53.6. The molecule has 23 heavy (non-hydrogen) atoms. The van der Waals surface area contributed by atoms with Crippen molar-refractivity contribution in [2.24, 2.45) is 0 Å². The second-order valence-corrected chi connectivity index (χ2v) is 7.67. The Morgan fingerprint density at radius 1 is 1.13 bits per heavy atom. The largest absolute Gasteiger partial charge is 0.246 e. The molecule has 0 saturated carbocycles. The Labute approximate surface area is 134 Å². The predicted octanol–water partition coefficient (Wildman–Crippen LogP) is 3.66. The van der Waals surface area contributed by atoms with Crippen molar-refractivity contribution in [1.82, 2.24) is 4.31 Å². The molecule has 0 spiro atoms. The number of fused-ring (bicyclic) bond motifs is 1. The van der Waals surface area contributed by atoms with Gasteiger partial charge in [-0.2, -0.15) is 4.31 Å². The second kappa shape index (κ2) is 6.02. The van der Waals surface area contributed by atoms with E-state index in [1.54, 1.807) is 0 Å². The number of halogens is 2. The summed E-state index contributed by atoms with van der Waals surface area (Å²) in [6.07, 6.45) is 2.45. The van der Waals surface area contributed by atoms with Gasteiger partial charge >= 0.3 is 0 Å². The summed E-state index contributed by atoms with van der Waals surface area (Å²) in [6.45, 7) is 0. The molecule has 3 nitrogen and oxygen atoms in total. The van der Waals surface area contributed by atoms with Crippen LogP contribution < -0.4 is 0 Å². The van der Waals surface area contributed by atoms with Crippen LogP contribution in [0, 0.1) is 11.6 Å². The zero-order chi connectivity index (χ0) is 16.6. The van der Waals surface area contributed by atoms with Crippen molar-refractivity contribution in [2.75, 3.05) is 7.05 Å². The fourth-order valence-electron chi connectivity index (χ4n) is 3.11. The van der Waals surface area contributed by atoms with E-state index in [1.807, 2.05) is 24.3 Å². The fraction of sp³-hybridized carbons (Fsp3) is 0.294. The Balaban J connectivity index is 2.01. The summed E-state index contributed by atoms with van der Waals surface area (Å²) in [7, 11) is -2.59. The molecule has 1 unspecified atom stereocenters. The molecule has 2 aromatic carbocycles. The van der Waals surface area contributed by atoms with Crippen molar-refractivity contribution in [3.8, 4) is 0 Å². The van der Waals surface area contributed by atoms with Gasteiger partial charge in [-0.15, -0.1) is 0 Å². The van der Waals surface area contributed by atoms with Crippen LogP contribution in [0.2, 0.25) is 0 Å². The van der Waals surface area contributed by atoms with Crippen LogP contribution in [0.15, 0.2) is 47.4 Å². The third-order valence-electron chi connectivity index (χ3n) is 4.33. The Morgan fingerprint density at radius 3 is 2.61 bits per heavy atom. The highest BCUT2D eigenvalue weighted by molar-refractivity contribution is 7.89. The summed E-state index contributed by atoms with van der Waals surface area (Å²) in [5.74, 6) is -1.87. The zero-order valence-corrected chi connectivity index (χ0v) is 13.5. The highest BCUT2D eigenvalue weighted by Gasteiger charge is 2.33. The van der Waals surface area contributed by atoms with Crippen LogP contribution in [0.3, 0.4) is 0 Å². The van der Waals surface area contributed by atoms with E-state index in [1.165, 1.54) is 11.4 Å². The van der Waals surface area contributed by atoms with E-state index >= 15 is 0 Å². The summed E-state index contributed by atoms with van der Waals surface area (Å²) >= 11 is 0. The zero-order valence-electron chi connectivity index (χ0n) is 12.7. The average molecular weight is 337 g/mol. The lowest BCUT2D eigenvalue weighted by molar-refractivity contribution is 0.336. The highest BCUT2D eigenvalue weighted by Crippen LogP contribution is 2.36. The first-order valence-electron chi connectivity index (χ1n) is 7.42. The first-order valence-corrected chi connectivity index (χ1v) is 8.86. The van der Waals surface area contributed by atoms with E-state index in [-0.39, 0.29) is 6.04 Å². The van der Waals surface area contributed by atoms with Gasteiger partial charge in [0.1, 0.15) is 16.5 Å². The maximum absolute atomic E-state index is 13.9. The van der Waals surface area contributed by atoms with E-state index in [2.05, 4.69) is 0 Å². The summed E-state index contributed by atoms with van der Waals surface area (Å²) in [4.78, 5) is -0.496. The molecule has 0 bridgehead atoms. The molecule has 1 aliphatic rings. The Kier molecular flexibility index (Phi) is 4.21. The van der Waals surface area contributed by atoms with Gasteiger partial charge in [0, 0.05) is 19.2 Å². The quantitative estimate of drug-likeness (QED) is 0.857. The molecule has 0 heterocycles. The second-order valence-electron chi connectivity index (χ2n) is 5.70. The molecule has 0 N–H and O–H groups in total. The molecule has 1 atom stereocenters. The topological polar surface area (TPSA) is 37.4 Å². The van der Waals surface area contributed by atoms with Gasteiger partial charge in [-0.3, -0.25) is 0 Å². The van der Waals surface area contributed by atoms with E-state index in [9.17, 15) is 17.2 Å². The number of sulfonamides is 1. The van der Waals surface area contributed by atoms with Gasteiger partial charge in [0.25, 0.3) is 0 Å². The van der Waals surface area contributed by atoms with Crippen LogP contribution in [-0.4, -0.2) is 19.8 Å². The van der Waals surface area contributed by atoms with E-state index < -0.39 is 26.6 Å². The van der Waals surface area contributed by atoms with Crippen molar-refractivity contribution >= 4 is 10.0 Å². The lowest BCUT2D eigenvalue weighted by Gasteiger charge is -2.32. The third-order valence-corrected chi connectivity index (χ3v) is 6.23. The molecule has 2 aromatic rings. The molecule has 0 aliphatic heterocycles. The van der Waals surface area contributed by atoms with E-state index in [0.29, 0.717) is 12.5 Å². The number of nitrogens with zero attached hydrogens (tertiary/aromatic N) is 1. The van der Waals surface area contributed by atoms with Crippen molar-refractivity contribution in [1.29, 1.82) is 0 Å². The number of hydrogen-bond donors (Lipinski definition) is 0. The smallest absolute Gasteiger partial charge is 0.207 e. The van der Waals surface area contributed by atoms with Gasteiger partial charge in [0.15, 0.2) is 0 Å². The number of rotatable bonds is 3. The average Bonchev–Trinajstić information content (AvgIpc) is 2.53. The van der Waals surface area contributed by atoms with Crippen LogP contribution in [0.5, 0.6) is 0 Å². The Bertz CT molecular complexity index is 836. The van der Waals surface area contributed by atoms with Crippen LogP contribution in [0.1, 0.15) is 30.0 Å². The molecule has 3 rings (SSSR count). The predicted molar refractivity (Wildman–Crippen MR) is 83.4 cm³/mol. The first kappa shape index (κ1) is 16.1. The fourth-order valence-corrected chi connectivity index (χ4v) is 4.52. The van der Waals surface area contributed by atoms with E-state index in [4.69, 9.17) is 0 Å². The molecule has 0 aromatic heterocycles. The number of benzene rings is 2. The minimum Gasteiger partial charge on any atom is -0.207 e. The van der Waals surface area contributed by atoms with E-state index in [0.717, 1.165) is 36.1 Å². The van der Waals surface area contributed by atoms with Crippen LogP contribution >= 0.6 is 0 Å². The maximum Gasteiger partial charge on any atom is 0.246 e. The SMILES string of the molecule is CN(C1CCCc2ccccc21)S(=O)(=O)c1ccc(F)cc1F. The summed E-state index contributed by atoms with van der Waals surface area (Å²) in [6, 6.07) is 9.88. The maximum atomic E-state index is 13.9. The van der Waals surface area contributed by atoms with Gasteiger partial charge in [0.2, 0.25) is 10.0 Å². The molecule has 122 valence electrons. The molecule has 0 fully saturated rings. The molecule has 1 aliphatic carbocycles. The van der Waals surface area contributed by atoms with Gasteiger partial charge in [-0.1, -0.05) is 24.3 Å².